The van der Waals surface area contributed by atoms with Crippen molar-refractivity contribution in [3.05, 3.63) is 47.1 Å². The Bertz CT molecular complexity index is 696. The van der Waals surface area contributed by atoms with Gasteiger partial charge in [0, 0.05) is 17.4 Å². The van der Waals surface area contributed by atoms with Gasteiger partial charge in [0.05, 0.1) is 0 Å². The van der Waals surface area contributed by atoms with E-state index in [2.05, 4.69) is 52.0 Å². The van der Waals surface area contributed by atoms with E-state index >= 15 is 0 Å². The topological polar surface area (TPSA) is 29.5 Å². The highest BCUT2D eigenvalue weighted by Gasteiger charge is 2.45. The third-order valence-electron chi connectivity index (χ3n) is 6.06. The van der Waals surface area contributed by atoms with Gasteiger partial charge in [-0.05, 0) is 70.6 Å². The van der Waals surface area contributed by atoms with Crippen LogP contribution in [0.1, 0.15) is 83.3 Å². The molecule has 1 aromatic carbocycles. The molecular formula is C24H34O2. The molecule has 2 nitrogen and oxygen atoms in total. The first-order chi connectivity index (χ1) is 12.4. The number of aromatic hydroxyl groups is 1. The van der Waals surface area contributed by atoms with Gasteiger partial charge in [0.15, 0.2) is 0 Å². The summed E-state index contributed by atoms with van der Waals surface area (Å²) in [6.07, 6.45) is 14.6. The average molecular weight is 355 g/mol. The van der Waals surface area contributed by atoms with Crippen LogP contribution in [0.3, 0.4) is 0 Å². The van der Waals surface area contributed by atoms with Gasteiger partial charge in [0.25, 0.3) is 0 Å². The van der Waals surface area contributed by atoms with E-state index in [0.29, 0.717) is 17.6 Å². The summed E-state index contributed by atoms with van der Waals surface area (Å²) < 4.78 is 6.40. The quantitative estimate of drug-likeness (QED) is 0.456. The van der Waals surface area contributed by atoms with E-state index in [4.69, 9.17) is 4.74 Å². The van der Waals surface area contributed by atoms with Gasteiger partial charge in [-0.25, -0.2) is 0 Å². The molecule has 2 unspecified atom stereocenters. The van der Waals surface area contributed by atoms with Gasteiger partial charge in [-0.2, -0.15) is 0 Å². The average Bonchev–Trinajstić information content (AvgIpc) is 2.56. The Labute approximate surface area is 159 Å². The number of hydrogen-bond acceptors (Lipinski definition) is 2. The lowest BCUT2D eigenvalue weighted by atomic mass is 9.67. The second kappa shape index (κ2) is 7.90. The third kappa shape index (κ3) is 4.00. The fraction of sp³-hybridized carbons (Fsp3) is 0.583. The molecule has 0 bridgehead atoms. The van der Waals surface area contributed by atoms with Crippen LogP contribution in [0.2, 0.25) is 0 Å². The first-order valence-corrected chi connectivity index (χ1v) is 10.3. The lowest BCUT2D eigenvalue weighted by molar-refractivity contribution is 0.00753. The van der Waals surface area contributed by atoms with E-state index in [1.807, 2.05) is 6.07 Å². The van der Waals surface area contributed by atoms with Crippen molar-refractivity contribution < 1.29 is 9.84 Å². The third-order valence-corrected chi connectivity index (χ3v) is 6.06. The molecule has 0 spiro atoms. The summed E-state index contributed by atoms with van der Waals surface area (Å²) in [7, 11) is 0. The van der Waals surface area contributed by atoms with E-state index < -0.39 is 0 Å². The Hall–Kier alpha value is -1.70. The van der Waals surface area contributed by atoms with Crippen molar-refractivity contribution in [2.24, 2.45) is 5.92 Å². The molecule has 1 heterocycles. The van der Waals surface area contributed by atoms with E-state index in [-0.39, 0.29) is 5.60 Å². The van der Waals surface area contributed by atoms with Crippen molar-refractivity contribution in [2.45, 2.75) is 84.2 Å². The zero-order chi connectivity index (χ0) is 18.7. The second-order valence-electron chi connectivity index (χ2n) is 8.59. The molecule has 142 valence electrons. The molecule has 1 aliphatic heterocycles. The van der Waals surface area contributed by atoms with Gasteiger partial charge in [-0.1, -0.05) is 43.6 Å². The maximum Gasteiger partial charge on any atom is 0.127 e. The largest absolute Gasteiger partial charge is 0.508 e. The van der Waals surface area contributed by atoms with Crippen molar-refractivity contribution in [1.82, 2.24) is 0 Å². The zero-order valence-electron chi connectivity index (χ0n) is 16.8. The molecule has 0 saturated carbocycles. The van der Waals surface area contributed by atoms with Crippen molar-refractivity contribution >= 4 is 0 Å². The number of benzene rings is 1. The highest BCUT2D eigenvalue weighted by Crippen LogP contribution is 2.54. The minimum Gasteiger partial charge on any atom is -0.508 e. The second-order valence-corrected chi connectivity index (χ2v) is 8.59. The van der Waals surface area contributed by atoms with Crippen LogP contribution in [0.25, 0.3) is 0 Å². The minimum absolute atomic E-state index is 0.194. The summed E-state index contributed by atoms with van der Waals surface area (Å²) in [6.45, 7) is 8.82. The Kier molecular flexibility index (Phi) is 5.79. The van der Waals surface area contributed by atoms with E-state index in [9.17, 15) is 5.11 Å². The summed E-state index contributed by atoms with van der Waals surface area (Å²) in [5, 5.41) is 10.8. The van der Waals surface area contributed by atoms with Crippen LogP contribution >= 0.6 is 0 Å². The van der Waals surface area contributed by atoms with Crippen LogP contribution in [0.15, 0.2) is 35.9 Å². The van der Waals surface area contributed by atoms with E-state index in [1.165, 1.54) is 30.4 Å². The lowest BCUT2D eigenvalue weighted by Gasteiger charge is -2.47. The number of fused-ring (bicyclic) bond motifs is 3. The zero-order valence-corrected chi connectivity index (χ0v) is 16.8. The Morgan fingerprint density at radius 1 is 1.23 bits per heavy atom. The number of phenolic OH excluding ortho intramolecular Hbond substituents is 1. The van der Waals surface area contributed by atoms with Crippen LogP contribution < -0.4 is 4.74 Å². The van der Waals surface area contributed by atoms with E-state index in [1.54, 1.807) is 0 Å². The number of hydrogen-bond donors (Lipinski definition) is 1. The van der Waals surface area contributed by atoms with Gasteiger partial charge >= 0.3 is 0 Å². The highest BCUT2D eigenvalue weighted by molar-refractivity contribution is 5.52. The molecular weight excluding hydrogens is 320 g/mol. The SMILES string of the molecule is CCCC/C=C/CCc1cc(O)c2c(c1)OC(C)(C)C1CC=C(C)CC21. The van der Waals surface area contributed by atoms with Crippen LogP contribution in [-0.2, 0) is 6.42 Å². The number of phenols is 1. The number of unbranched alkanes of at least 4 members (excludes halogenated alkanes) is 2. The fourth-order valence-electron chi connectivity index (χ4n) is 4.57. The predicted molar refractivity (Wildman–Crippen MR) is 109 cm³/mol. The highest BCUT2D eigenvalue weighted by atomic mass is 16.5. The summed E-state index contributed by atoms with van der Waals surface area (Å²) in [5.74, 6) is 2.11. The molecule has 2 aliphatic rings. The monoisotopic (exact) mass is 354 g/mol. The molecule has 2 atom stereocenters. The van der Waals surface area contributed by atoms with Gasteiger partial charge in [-0.3, -0.25) is 0 Å². The summed E-state index contributed by atoms with van der Waals surface area (Å²) in [4.78, 5) is 0. The number of aryl methyl sites for hydroxylation is 1. The lowest BCUT2D eigenvalue weighted by Crippen LogP contribution is -2.45. The van der Waals surface area contributed by atoms with Crippen molar-refractivity contribution in [1.29, 1.82) is 0 Å². The number of rotatable bonds is 6. The van der Waals surface area contributed by atoms with Crippen LogP contribution in [0, 0.1) is 5.92 Å². The van der Waals surface area contributed by atoms with Crippen molar-refractivity contribution in [2.75, 3.05) is 0 Å². The molecule has 1 aliphatic carbocycles. The Morgan fingerprint density at radius 3 is 2.77 bits per heavy atom. The first-order valence-electron chi connectivity index (χ1n) is 10.3. The first kappa shape index (κ1) is 19.1. The molecule has 26 heavy (non-hydrogen) atoms. The van der Waals surface area contributed by atoms with E-state index in [0.717, 1.165) is 37.0 Å². The summed E-state index contributed by atoms with van der Waals surface area (Å²) in [5.41, 5.74) is 3.43. The molecule has 1 N–H and O–H groups in total. The van der Waals surface area contributed by atoms with Gasteiger partial charge < -0.3 is 9.84 Å². The van der Waals surface area contributed by atoms with Crippen LogP contribution in [-0.4, -0.2) is 10.7 Å². The summed E-state index contributed by atoms with van der Waals surface area (Å²) >= 11 is 0. The maximum absolute atomic E-state index is 10.8. The Balaban J connectivity index is 1.80. The van der Waals surface area contributed by atoms with Gasteiger partial charge in [0.2, 0.25) is 0 Å². The van der Waals surface area contributed by atoms with Crippen LogP contribution in [0.4, 0.5) is 0 Å². The number of allylic oxidation sites excluding steroid dienone is 4. The Morgan fingerprint density at radius 2 is 2.00 bits per heavy atom. The molecule has 3 rings (SSSR count). The summed E-state index contributed by atoms with van der Waals surface area (Å²) in [6, 6.07) is 4.13. The molecule has 0 aromatic heterocycles. The normalized spacial score (nSPS) is 23.9. The molecule has 0 saturated heterocycles. The van der Waals surface area contributed by atoms with Crippen LogP contribution in [0.5, 0.6) is 11.5 Å². The smallest absolute Gasteiger partial charge is 0.127 e. The maximum atomic E-state index is 10.8. The minimum atomic E-state index is -0.194. The molecule has 1 aromatic rings. The van der Waals surface area contributed by atoms with Crippen molar-refractivity contribution in [3.8, 4) is 11.5 Å². The predicted octanol–water partition coefficient (Wildman–Crippen LogP) is 6.68. The molecule has 2 heteroatoms. The standard InChI is InChI=1S/C24H34O2/c1-5-6-7-8-9-10-11-18-15-21(25)23-19-14-17(2)12-13-20(19)24(3,4)26-22(23)16-18/h8-9,12,15-16,19-20,25H,5-7,10-11,13-14H2,1-4H3/b9-8+. The fourth-order valence-corrected chi connectivity index (χ4v) is 4.57. The van der Waals surface area contributed by atoms with Crippen molar-refractivity contribution in [3.63, 3.8) is 0 Å². The van der Waals surface area contributed by atoms with Gasteiger partial charge in [-0.15, -0.1) is 0 Å². The molecule has 0 radical (unpaired) electrons. The molecule has 0 amide bonds. The van der Waals surface area contributed by atoms with Gasteiger partial charge in [0.1, 0.15) is 17.1 Å². The number of ether oxygens (including phenoxy) is 1. The molecule has 0 fully saturated rings.